The molecule has 0 fully saturated rings. The van der Waals surface area contributed by atoms with E-state index >= 15 is 0 Å². The zero-order valence-corrected chi connectivity index (χ0v) is 11.6. The number of carboxylic acid groups (broad SMARTS) is 1. The molecule has 0 aliphatic rings. The molecule has 0 atom stereocenters. The Bertz CT molecular complexity index is 540. The Hall–Kier alpha value is -1.72. The Labute approximate surface area is 116 Å². The number of rotatable bonds is 6. The summed E-state index contributed by atoms with van der Waals surface area (Å²) < 4.78 is 0. The van der Waals surface area contributed by atoms with Crippen molar-refractivity contribution >= 4 is 17.3 Å². The first-order valence-electron chi connectivity index (χ1n) is 6.04. The molecule has 19 heavy (non-hydrogen) atoms. The molecule has 0 radical (unpaired) electrons. The van der Waals surface area contributed by atoms with Crippen LogP contribution in [0.3, 0.4) is 0 Å². The van der Waals surface area contributed by atoms with Crippen molar-refractivity contribution in [1.29, 1.82) is 0 Å². The second-order valence-electron chi connectivity index (χ2n) is 4.42. The van der Waals surface area contributed by atoms with E-state index in [-0.39, 0.29) is 0 Å². The molecule has 0 aliphatic carbocycles. The van der Waals surface area contributed by atoms with E-state index in [1.165, 1.54) is 4.88 Å². The van der Waals surface area contributed by atoms with E-state index in [1.54, 1.807) is 23.5 Å². The van der Waals surface area contributed by atoms with E-state index in [0.29, 0.717) is 5.56 Å². The lowest BCUT2D eigenvalue weighted by Crippen LogP contribution is -2.21. The quantitative estimate of drug-likeness (QED) is 0.881. The number of hydrogen-bond acceptors (Lipinski definition) is 4. The molecule has 1 N–H and O–H groups in total. The van der Waals surface area contributed by atoms with Crippen molar-refractivity contribution in [2.24, 2.45) is 0 Å². The van der Waals surface area contributed by atoms with Gasteiger partial charge in [0.05, 0.1) is 11.1 Å². The zero-order valence-electron chi connectivity index (χ0n) is 10.7. The van der Waals surface area contributed by atoms with Crippen LogP contribution < -0.4 is 0 Å². The highest BCUT2D eigenvalue weighted by molar-refractivity contribution is 7.09. The monoisotopic (exact) mass is 276 g/mol. The van der Waals surface area contributed by atoms with Crippen molar-refractivity contribution in [3.8, 4) is 0 Å². The number of carbonyl (C=O) groups is 1. The average Bonchev–Trinajstić information content (AvgIpc) is 2.89. The van der Waals surface area contributed by atoms with Gasteiger partial charge in [-0.3, -0.25) is 4.98 Å². The summed E-state index contributed by atoms with van der Waals surface area (Å²) in [5.41, 5.74) is 3.10. The Morgan fingerprint density at radius 1 is 1.42 bits per heavy atom. The molecule has 1 heterocycles. The van der Waals surface area contributed by atoms with Crippen LogP contribution in [0.1, 0.15) is 20.8 Å². The van der Waals surface area contributed by atoms with Gasteiger partial charge < -0.3 is 10.0 Å². The van der Waals surface area contributed by atoms with Gasteiger partial charge in [-0.15, -0.1) is 11.3 Å². The van der Waals surface area contributed by atoms with Gasteiger partial charge in [0.25, 0.3) is 0 Å². The van der Waals surface area contributed by atoms with Gasteiger partial charge in [0, 0.05) is 24.2 Å². The van der Waals surface area contributed by atoms with E-state index in [9.17, 15) is 4.79 Å². The highest BCUT2D eigenvalue weighted by Crippen LogP contribution is 2.12. The highest BCUT2D eigenvalue weighted by atomic mass is 32.1. The minimum Gasteiger partial charge on any atom is -0.478 e. The minimum absolute atomic E-state index is 0.397. The van der Waals surface area contributed by atoms with Crippen LogP contribution in [0.2, 0.25) is 0 Å². The number of likely N-dealkylation sites (N-methyl/N-ethyl adjacent to an activating group) is 1. The molecule has 2 rings (SSSR count). The van der Waals surface area contributed by atoms with E-state index < -0.39 is 5.97 Å². The summed E-state index contributed by atoms with van der Waals surface area (Å²) in [4.78, 5) is 18.5. The summed E-state index contributed by atoms with van der Waals surface area (Å²) >= 11 is 1.63. The topological polar surface area (TPSA) is 53.4 Å². The van der Waals surface area contributed by atoms with Gasteiger partial charge in [-0.05, 0) is 25.1 Å². The van der Waals surface area contributed by atoms with Gasteiger partial charge in [-0.1, -0.05) is 18.2 Å². The average molecular weight is 276 g/mol. The predicted molar refractivity (Wildman–Crippen MR) is 75.6 cm³/mol. The third kappa shape index (κ3) is 3.87. The molecule has 5 heteroatoms. The molecule has 0 unspecified atom stereocenters. The molecule has 0 aliphatic heterocycles. The molecule has 1 aromatic heterocycles. The Balaban J connectivity index is 1.93. The van der Waals surface area contributed by atoms with Gasteiger partial charge in [0.15, 0.2) is 0 Å². The van der Waals surface area contributed by atoms with E-state index in [1.807, 2.05) is 30.9 Å². The maximum absolute atomic E-state index is 11.1. The van der Waals surface area contributed by atoms with Crippen molar-refractivity contribution in [3.63, 3.8) is 0 Å². The van der Waals surface area contributed by atoms with Gasteiger partial charge >= 0.3 is 5.97 Å². The fourth-order valence-corrected chi connectivity index (χ4v) is 2.60. The minimum atomic E-state index is -0.860. The van der Waals surface area contributed by atoms with Crippen molar-refractivity contribution < 1.29 is 9.90 Å². The van der Waals surface area contributed by atoms with Gasteiger partial charge in [-0.2, -0.15) is 0 Å². The van der Waals surface area contributed by atoms with Crippen LogP contribution in [0.15, 0.2) is 36.0 Å². The number of aromatic carboxylic acids is 1. The number of aromatic nitrogens is 1. The van der Waals surface area contributed by atoms with Gasteiger partial charge in [-0.25, -0.2) is 4.79 Å². The molecule has 2 aromatic rings. The summed E-state index contributed by atoms with van der Waals surface area (Å²) in [5.74, 6) is -0.860. The van der Waals surface area contributed by atoms with Crippen LogP contribution in [0.5, 0.6) is 0 Å². The van der Waals surface area contributed by atoms with Crippen LogP contribution in [0.4, 0.5) is 0 Å². The van der Waals surface area contributed by atoms with Crippen molar-refractivity contribution in [1.82, 2.24) is 9.88 Å². The molecule has 1 aromatic carbocycles. The number of thiazole rings is 1. The standard InChI is InChI=1S/C14H16N2O2S/c1-16(9-12-8-15-10-19-12)7-6-11-4-2-3-5-13(11)14(17)18/h2-5,8,10H,6-7,9H2,1H3,(H,17,18). The van der Waals surface area contributed by atoms with Crippen molar-refractivity contribution in [2.75, 3.05) is 13.6 Å². The number of benzene rings is 1. The molecule has 4 nitrogen and oxygen atoms in total. The molecule has 0 saturated carbocycles. The molecule has 0 spiro atoms. The van der Waals surface area contributed by atoms with E-state index in [2.05, 4.69) is 9.88 Å². The molecule has 100 valence electrons. The van der Waals surface area contributed by atoms with Crippen molar-refractivity contribution in [2.45, 2.75) is 13.0 Å². The molecular weight excluding hydrogens is 260 g/mol. The summed E-state index contributed by atoms with van der Waals surface area (Å²) in [5, 5.41) is 9.12. The molecular formula is C14H16N2O2S. The van der Waals surface area contributed by atoms with Crippen LogP contribution in [-0.4, -0.2) is 34.6 Å². The van der Waals surface area contributed by atoms with Crippen LogP contribution in [-0.2, 0) is 13.0 Å². The third-order valence-corrected chi connectivity index (χ3v) is 3.68. The maximum Gasteiger partial charge on any atom is 0.335 e. The lowest BCUT2D eigenvalue weighted by molar-refractivity contribution is 0.0695. The van der Waals surface area contributed by atoms with E-state index in [0.717, 1.165) is 25.1 Å². The van der Waals surface area contributed by atoms with E-state index in [4.69, 9.17) is 5.11 Å². The van der Waals surface area contributed by atoms with Gasteiger partial charge in [0.1, 0.15) is 0 Å². The number of carboxylic acids is 1. The third-order valence-electron chi connectivity index (χ3n) is 2.92. The first-order valence-corrected chi connectivity index (χ1v) is 6.92. The summed E-state index contributed by atoms with van der Waals surface area (Å²) in [6.07, 6.45) is 2.60. The summed E-state index contributed by atoms with van der Waals surface area (Å²) in [6, 6.07) is 7.17. The fraction of sp³-hybridized carbons (Fsp3) is 0.286. The largest absolute Gasteiger partial charge is 0.478 e. The van der Waals surface area contributed by atoms with Crippen LogP contribution in [0, 0.1) is 0 Å². The Kier molecular flexibility index (Phi) is 4.65. The van der Waals surface area contributed by atoms with Crippen molar-refractivity contribution in [3.05, 3.63) is 52.0 Å². The van der Waals surface area contributed by atoms with Crippen LogP contribution >= 0.6 is 11.3 Å². The second-order valence-corrected chi connectivity index (χ2v) is 5.39. The lowest BCUT2D eigenvalue weighted by Gasteiger charge is -2.16. The Morgan fingerprint density at radius 3 is 2.89 bits per heavy atom. The van der Waals surface area contributed by atoms with Crippen LogP contribution in [0.25, 0.3) is 0 Å². The zero-order chi connectivity index (χ0) is 13.7. The first kappa shape index (κ1) is 13.7. The number of hydrogen-bond donors (Lipinski definition) is 1. The SMILES string of the molecule is CN(CCc1ccccc1C(=O)O)Cc1cncs1. The smallest absolute Gasteiger partial charge is 0.335 e. The Morgan fingerprint density at radius 2 is 2.21 bits per heavy atom. The normalized spacial score (nSPS) is 10.8. The predicted octanol–water partition coefficient (Wildman–Crippen LogP) is 2.52. The highest BCUT2D eigenvalue weighted by Gasteiger charge is 2.09. The van der Waals surface area contributed by atoms with Gasteiger partial charge in [0.2, 0.25) is 0 Å². The summed E-state index contributed by atoms with van der Waals surface area (Å²) in [7, 11) is 2.03. The number of nitrogens with zero attached hydrogens (tertiary/aromatic N) is 2. The first-order chi connectivity index (χ1) is 9.16. The maximum atomic E-state index is 11.1. The molecule has 0 saturated heterocycles. The fourth-order valence-electron chi connectivity index (χ4n) is 1.92. The summed E-state index contributed by atoms with van der Waals surface area (Å²) in [6.45, 7) is 1.67. The lowest BCUT2D eigenvalue weighted by atomic mass is 10.0. The molecule has 0 bridgehead atoms. The molecule has 0 amide bonds. The second kappa shape index (κ2) is 6.45.